The summed E-state index contributed by atoms with van der Waals surface area (Å²) in [6.07, 6.45) is -0.902. The van der Waals surface area contributed by atoms with E-state index >= 15 is 0 Å². The van der Waals surface area contributed by atoms with E-state index in [0.717, 1.165) is 11.1 Å². The molecule has 1 rings (SSSR count). The molecule has 0 aliphatic carbocycles. The molecule has 102 valence electrons. The molecule has 0 aliphatic heterocycles. The van der Waals surface area contributed by atoms with Crippen molar-refractivity contribution in [3.05, 3.63) is 35.4 Å². The van der Waals surface area contributed by atoms with Crippen molar-refractivity contribution in [2.45, 2.75) is 45.4 Å². The van der Waals surface area contributed by atoms with Crippen LogP contribution in [0.2, 0.25) is 0 Å². The summed E-state index contributed by atoms with van der Waals surface area (Å²) in [6.45, 7) is 3.75. The molecule has 3 nitrogen and oxygen atoms in total. The largest absolute Gasteiger partial charge is 0.431 e. The molecule has 2 unspecified atom stereocenters. The summed E-state index contributed by atoms with van der Waals surface area (Å²) in [4.78, 5) is 11.5. The van der Waals surface area contributed by atoms with Crippen molar-refractivity contribution in [1.29, 1.82) is 5.26 Å². The van der Waals surface area contributed by atoms with E-state index < -0.39 is 18.2 Å². The van der Waals surface area contributed by atoms with E-state index in [2.05, 4.69) is 10.8 Å². The van der Waals surface area contributed by atoms with Crippen molar-refractivity contribution in [2.24, 2.45) is 0 Å². The third-order valence-electron chi connectivity index (χ3n) is 2.78. The molecule has 0 heterocycles. The van der Waals surface area contributed by atoms with Gasteiger partial charge in [0.1, 0.15) is 0 Å². The van der Waals surface area contributed by atoms with Gasteiger partial charge in [0.05, 0.1) is 18.4 Å². The van der Waals surface area contributed by atoms with Crippen LogP contribution < -0.4 is 0 Å². The van der Waals surface area contributed by atoms with Crippen molar-refractivity contribution in [1.82, 2.24) is 0 Å². The van der Waals surface area contributed by atoms with Crippen LogP contribution in [0.25, 0.3) is 0 Å². The lowest BCUT2D eigenvalue weighted by Gasteiger charge is -2.12. The number of ether oxygens (including phenoxy) is 1. The first-order valence-corrected chi connectivity index (χ1v) is 6.36. The van der Waals surface area contributed by atoms with Crippen molar-refractivity contribution < 1.29 is 13.9 Å². The molecule has 0 spiro atoms. The lowest BCUT2D eigenvalue weighted by atomic mass is 9.96. The fraction of sp³-hybridized carbons (Fsp3) is 0.467. The second-order valence-electron chi connectivity index (χ2n) is 4.49. The molecule has 0 saturated carbocycles. The molecule has 0 aromatic heterocycles. The van der Waals surface area contributed by atoms with Crippen LogP contribution >= 0.6 is 0 Å². The molecule has 1 aromatic carbocycles. The number of carbonyl (C=O) groups excluding carboxylic acids is 1. The zero-order chi connectivity index (χ0) is 14.3. The van der Waals surface area contributed by atoms with Crippen molar-refractivity contribution >= 4 is 5.97 Å². The molecule has 4 heteroatoms. The molecule has 0 saturated heterocycles. The van der Waals surface area contributed by atoms with E-state index in [1.807, 2.05) is 26.0 Å². The minimum Gasteiger partial charge on any atom is -0.431 e. The van der Waals surface area contributed by atoms with E-state index in [0.29, 0.717) is 6.42 Å². The Kier molecular flexibility index (Phi) is 6.01. The lowest BCUT2D eigenvalue weighted by Crippen LogP contribution is -2.15. The summed E-state index contributed by atoms with van der Waals surface area (Å²) in [5.74, 6) is -1.27. The van der Waals surface area contributed by atoms with E-state index in [9.17, 15) is 9.18 Å². The Balaban J connectivity index is 2.60. The summed E-state index contributed by atoms with van der Waals surface area (Å²) in [5.41, 5.74) is 1.82. The molecule has 0 aliphatic rings. The van der Waals surface area contributed by atoms with Crippen LogP contribution in [-0.4, -0.2) is 12.3 Å². The number of hydrogen-bond acceptors (Lipinski definition) is 3. The Morgan fingerprint density at radius 3 is 2.58 bits per heavy atom. The molecule has 0 radical (unpaired) electrons. The third-order valence-corrected chi connectivity index (χ3v) is 2.78. The van der Waals surface area contributed by atoms with Gasteiger partial charge in [0.25, 0.3) is 0 Å². The minimum absolute atomic E-state index is 0.121. The van der Waals surface area contributed by atoms with Gasteiger partial charge >= 0.3 is 5.97 Å². The van der Waals surface area contributed by atoms with Gasteiger partial charge in [-0.1, -0.05) is 36.8 Å². The van der Waals surface area contributed by atoms with E-state index in [-0.39, 0.29) is 12.8 Å². The molecule has 19 heavy (non-hydrogen) atoms. The first kappa shape index (κ1) is 15.2. The van der Waals surface area contributed by atoms with Gasteiger partial charge in [-0.3, -0.25) is 4.79 Å². The number of halogens is 1. The number of rotatable bonds is 6. The van der Waals surface area contributed by atoms with Gasteiger partial charge in [0, 0.05) is 6.42 Å². The van der Waals surface area contributed by atoms with E-state index in [1.54, 1.807) is 12.1 Å². The molecule has 2 atom stereocenters. The number of carbonyl (C=O) groups is 1. The highest BCUT2D eigenvalue weighted by molar-refractivity contribution is 5.71. The molecule has 0 N–H and O–H groups in total. The molecule has 1 aromatic rings. The normalized spacial score (nSPS) is 13.4. The van der Waals surface area contributed by atoms with Crippen LogP contribution in [0.1, 0.15) is 43.2 Å². The van der Waals surface area contributed by atoms with Crippen molar-refractivity contribution in [3.63, 3.8) is 0 Å². The standard InChI is InChI=1S/C15H18FNO2/c1-3-4-14(16)19-15(18)9-13(10-17)12-7-5-11(2)6-8-12/h5-8,13-14H,3-4,9H2,1-2H3. The van der Waals surface area contributed by atoms with Gasteiger partial charge in [-0.25, -0.2) is 4.39 Å². The Bertz CT molecular complexity index is 450. The quantitative estimate of drug-likeness (QED) is 0.736. The summed E-state index contributed by atoms with van der Waals surface area (Å²) >= 11 is 0. The molecule has 0 amide bonds. The Labute approximate surface area is 113 Å². The SMILES string of the molecule is CCCC(F)OC(=O)CC(C#N)c1ccc(C)cc1. The van der Waals surface area contributed by atoms with Crippen molar-refractivity contribution in [2.75, 3.05) is 0 Å². The molecule has 0 bridgehead atoms. The summed E-state index contributed by atoms with van der Waals surface area (Å²) in [6, 6.07) is 9.40. The predicted molar refractivity (Wildman–Crippen MR) is 70.0 cm³/mol. The highest BCUT2D eigenvalue weighted by Gasteiger charge is 2.19. The zero-order valence-corrected chi connectivity index (χ0v) is 11.2. The number of esters is 1. The van der Waals surface area contributed by atoms with Crippen LogP contribution in [0, 0.1) is 18.3 Å². The number of hydrogen-bond donors (Lipinski definition) is 0. The fourth-order valence-corrected chi connectivity index (χ4v) is 1.68. The molecular weight excluding hydrogens is 245 g/mol. The summed E-state index contributed by atoms with van der Waals surface area (Å²) < 4.78 is 17.7. The van der Waals surface area contributed by atoms with Gasteiger partial charge in [0.15, 0.2) is 0 Å². The maximum Gasteiger partial charge on any atom is 0.309 e. The third kappa shape index (κ3) is 5.09. The minimum atomic E-state index is -1.57. The van der Waals surface area contributed by atoms with Crippen LogP contribution in [0.5, 0.6) is 0 Å². The number of nitrogens with zero attached hydrogens (tertiary/aromatic N) is 1. The van der Waals surface area contributed by atoms with E-state index in [4.69, 9.17) is 5.26 Å². The van der Waals surface area contributed by atoms with Crippen LogP contribution in [0.3, 0.4) is 0 Å². The average Bonchev–Trinajstić information content (AvgIpc) is 2.37. The maximum absolute atomic E-state index is 13.1. The second-order valence-corrected chi connectivity index (χ2v) is 4.49. The number of nitriles is 1. The highest BCUT2D eigenvalue weighted by Crippen LogP contribution is 2.20. The summed E-state index contributed by atoms with van der Waals surface area (Å²) in [7, 11) is 0. The van der Waals surface area contributed by atoms with Crippen molar-refractivity contribution in [3.8, 4) is 6.07 Å². The first-order valence-electron chi connectivity index (χ1n) is 6.36. The van der Waals surface area contributed by atoms with Crippen LogP contribution in [0.4, 0.5) is 4.39 Å². The smallest absolute Gasteiger partial charge is 0.309 e. The number of alkyl halides is 1. The van der Waals surface area contributed by atoms with Crippen LogP contribution in [0.15, 0.2) is 24.3 Å². The maximum atomic E-state index is 13.1. The highest BCUT2D eigenvalue weighted by atomic mass is 19.1. The van der Waals surface area contributed by atoms with E-state index in [1.165, 1.54) is 0 Å². The number of aryl methyl sites for hydroxylation is 1. The molecule has 0 fully saturated rings. The Hall–Kier alpha value is -1.89. The van der Waals surface area contributed by atoms with Gasteiger partial charge in [0.2, 0.25) is 6.36 Å². The van der Waals surface area contributed by atoms with Crippen LogP contribution in [-0.2, 0) is 9.53 Å². The number of benzene rings is 1. The monoisotopic (exact) mass is 263 g/mol. The Morgan fingerprint density at radius 1 is 1.42 bits per heavy atom. The summed E-state index contributed by atoms with van der Waals surface area (Å²) in [5, 5.41) is 9.08. The zero-order valence-electron chi connectivity index (χ0n) is 11.2. The average molecular weight is 263 g/mol. The van der Waals surface area contributed by atoms with Gasteiger partial charge < -0.3 is 4.74 Å². The van der Waals surface area contributed by atoms with Gasteiger partial charge in [-0.2, -0.15) is 5.26 Å². The van der Waals surface area contributed by atoms with Gasteiger partial charge in [-0.05, 0) is 18.9 Å². The second kappa shape index (κ2) is 7.52. The Morgan fingerprint density at radius 2 is 2.05 bits per heavy atom. The lowest BCUT2D eigenvalue weighted by molar-refractivity contribution is -0.158. The predicted octanol–water partition coefficient (Wildman–Crippen LogP) is 3.63. The van der Waals surface area contributed by atoms with Gasteiger partial charge in [-0.15, -0.1) is 0 Å². The first-order chi connectivity index (χ1) is 9.06. The molecular formula is C15H18FNO2. The topological polar surface area (TPSA) is 50.1 Å². The fourth-order valence-electron chi connectivity index (χ4n) is 1.68.